The minimum absolute atomic E-state index is 0.0728. The van der Waals surface area contributed by atoms with Crippen LogP contribution < -0.4 is 23.7 Å². The second-order valence-corrected chi connectivity index (χ2v) is 10.7. The van der Waals surface area contributed by atoms with Gasteiger partial charge in [0.15, 0.2) is 29.8 Å². The van der Waals surface area contributed by atoms with Gasteiger partial charge < -0.3 is 33.5 Å². The Bertz CT molecular complexity index is 1400. The number of aliphatic hydroxyl groups excluding tert-OH is 1. The lowest BCUT2D eigenvalue weighted by Crippen LogP contribution is -2.68. The van der Waals surface area contributed by atoms with Crippen molar-refractivity contribution in [1.82, 2.24) is 9.80 Å². The molecule has 10 nitrogen and oxygen atoms in total. The number of aryl methyl sites for hydroxylation is 1. The maximum Gasteiger partial charge on any atom is 0.231 e. The molecule has 1 saturated heterocycles. The smallest absolute Gasteiger partial charge is 0.231 e. The van der Waals surface area contributed by atoms with Crippen molar-refractivity contribution in [2.24, 2.45) is 0 Å². The first-order chi connectivity index (χ1) is 19.4. The summed E-state index contributed by atoms with van der Waals surface area (Å²) in [6.45, 7) is 7.70. The summed E-state index contributed by atoms with van der Waals surface area (Å²) in [6.07, 6.45) is 2.61. The first kappa shape index (κ1) is 26.7. The Morgan fingerprint density at radius 3 is 2.58 bits per heavy atom. The van der Waals surface area contributed by atoms with Gasteiger partial charge in [0.25, 0.3) is 0 Å². The average molecular weight is 550 g/mol. The van der Waals surface area contributed by atoms with Crippen LogP contribution in [0.2, 0.25) is 0 Å². The normalized spacial score (nSPS) is 26.3. The van der Waals surface area contributed by atoms with E-state index >= 15 is 0 Å². The lowest BCUT2D eigenvalue weighted by Gasteiger charge is -2.59. The first-order valence-corrected chi connectivity index (χ1v) is 13.5. The molecule has 40 heavy (non-hydrogen) atoms. The van der Waals surface area contributed by atoms with E-state index < -0.39 is 12.1 Å². The molecular formula is C30H35N3O7. The Balaban J connectivity index is 1.61. The van der Waals surface area contributed by atoms with Crippen LogP contribution in [-0.4, -0.2) is 74.5 Å². The molecule has 6 rings (SSSR count). The van der Waals surface area contributed by atoms with Crippen molar-refractivity contribution in [3.05, 3.63) is 52.3 Å². The Kier molecular flexibility index (Phi) is 6.79. The number of aliphatic hydroxyl groups is 1. The number of hydrogen-bond donors (Lipinski definition) is 1. The number of nitrogens with zero attached hydrogens (tertiary/aromatic N) is 3. The molecule has 4 aliphatic heterocycles. The zero-order valence-corrected chi connectivity index (χ0v) is 23.5. The summed E-state index contributed by atoms with van der Waals surface area (Å²) in [5.74, 6) is 3.20. The van der Waals surface area contributed by atoms with Crippen LogP contribution in [0, 0.1) is 25.2 Å². The number of benzene rings is 2. The monoisotopic (exact) mass is 549 g/mol. The minimum Gasteiger partial charge on any atom is -0.493 e. The lowest BCUT2D eigenvalue weighted by atomic mass is 9.71. The summed E-state index contributed by atoms with van der Waals surface area (Å²) < 4.78 is 35.2. The molecule has 0 spiro atoms. The van der Waals surface area contributed by atoms with Crippen LogP contribution >= 0.6 is 0 Å². The average Bonchev–Trinajstić information content (AvgIpc) is 3.44. The quantitative estimate of drug-likeness (QED) is 0.408. The fourth-order valence-electron chi connectivity index (χ4n) is 7.49. The molecule has 1 N–H and O–H groups in total. The van der Waals surface area contributed by atoms with E-state index in [0.29, 0.717) is 41.6 Å². The number of hydrogen-bond acceptors (Lipinski definition) is 10. The highest BCUT2D eigenvalue weighted by Crippen LogP contribution is 2.58. The van der Waals surface area contributed by atoms with Gasteiger partial charge in [0, 0.05) is 41.4 Å². The third-order valence-electron chi connectivity index (χ3n) is 8.94. The van der Waals surface area contributed by atoms with E-state index in [1.54, 1.807) is 14.2 Å². The van der Waals surface area contributed by atoms with Crippen molar-refractivity contribution in [2.45, 2.75) is 56.9 Å². The van der Waals surface area contributed by atoms with E-state index in [1.165, 1.54) is 6.26 Å². The van der Waals surface area contributed by atoms with Crippen LogP contribution in [0.5, 0.6) is 28.7 Å². The molecule has 1 fully saturated rings. The van der Waals surface area contributed by atoms with E-state index in [4.69, 9.17) is 28.4 Å². The zero-order chi connectivity index (χ0) is 28.3. The maximum absolute atomic E-state index is 10.9. The SMILES string of the molecule is C=COc1c(C)c2c(c3c1C[C@H]1[C@H]4c5c(cc(C)c(OC)c5OCOC)C[C@@H]([C@H](C#N)N1[C@H]3CO)N4C)OCO2. The Hall–Kier alpha value is -3.49. The van der Waals surface area contributed by atoms with Crippen LogP contribution in [0.4, 0.5) is 0 Å². The molecule has 4 aliphatic rings. The van der Waals surface area contributed by atoms with Gasteiger partial charge in [-0.1, -0.05) is 12.6 Å². The van der Waals surface area contributed by atoms with Crippen molar-refractivity contribution in [3.8, 4) is 34.8 Å². The number of piperazine rings is 1. The predicted molar refractivity (Wildman–Crippen MR) is 145 cm³/mol. The summed E-state index contributed by atoms with van der Waals surface area (Å²) >= 11 is 0. The molecule has 0 unspecified atom stereocenters. The van der Waals surface area contributed by atoms with E-state index in [0.717, 1.165) is 33.4 Å². The Labute approximate surface area is 234 Å². The topological polar surface area (TPSA) is 106 Å². The fraction of sp³-hybridized carbons (Fsp3) is 0.500. The summed E-state index contributed by atoms with van der Waals surface area (Å²) in [4.78, 5) is 4.47. The van der Waals surface area contributed by atoms with Crippen LogP contribution in [0.15, 0.2) is 18.9 Å². The molecule has 0 aromatic heterocycles. The van der Waals surface area contributed by atoms with Gasteiger partial charge in [-0.3, -0.25) is 9.80 Å². The van der Waals surface area contributed by atoms with Crippen molar-refractivity contribution in [3.63, 3.8) is 0 Å². The van der Waals surface area contributed by atoms with E-state index in [2.05, 4.69) is 35.6 Å². The van der Waals surface area contributed by atoms with Gasteiger partial charge in [0.1, 0.15) is 11.8 Å². The molecule has 4 heterocycles. The Morgan fingerprint density at radius 1 is 1.12 bits per heavy atom. The molecule has 0 radical (unpaired) electrons. The molecule has 10 heteroatoms. The second kappa shape index (κ2) is 10.2. The molecule has 212 valence electrons. The van der Waals surface area contributed by atoms with Crippen molar-refractivity contribution < 1.29 is 33.5 Å². The number of likely N-dealkylation sites (N-methyl/N-ethyl adjacent to an activating group) is 1. The van der Waals surface area contributed by atoms with Gasteiger partial charge >= 0.3 is 0 Å². The zero-order valence-electron chi connectivity index (χ0n) is 23.5. The van der Waals surface area contributed by atoms with Gasteiger partial charge in [0.05, 0.1) is 38.1 Å². The summed E-state index contributed by atoms with van der Waals surface area (Å²) in [5, 5.41) is 21.5. The number of methoxy groups -OCH3 is 2. The third kappa shape index (κ3) is 3.62. The van der Waals surface area contributed by atoms with Crippen molar-refractivity contribution in [2.75, 3.05) is 41.5 Å². The van der Waals surface area contributed by atoms with Crippen molar-refractivity contribution in [1.29, 1.82) is 5.26 Å². The fourth-order valence-corrected chi connectivity index (χ4v) is 7.49. The highest BCUT2D eigenvalue weighted by molar-refractivity contribution is 5.66. The van der Waals surface area contributed by atoms with Crippen LogP contribution in [0.3, 0.4) is 0 Å². The van der Waals surface area contributed by atoms with Crippen molar-refractivity contribution >= 4 is 0 Å². The van der Waals surface area contributed by atoms with E-state index in [-0.39, 0.29) is 38.3 Å². The van der Waals surface area contributed by atoms with Crippen LogP contribution in [-0.2, 0) is 17.6 Å². The molecule has 2 aromatic rings. The van der Waals surface area contributed by atoms with Crippen LogP contribution in [0.1, 0.15) is 45.5 Å². The largest absolute Gasteiger partial charge is 0.493 e. The molecule has 2 aromatic carbocycles. The molecule has 2 bridgehead atoms. The lowest BCUT2D eigenvalue weighted by molar-refractivity contribution is -0.0831. The summed E-state index contributed by atoms with van der Waals surface area (Å²) in [5.41, 5.74) is 5.68. The van der Waals surface area contributed by atoms with Gasteiger partial charge in [-0.05, 0) is 44.9 Å². The molecule has 0 amide bonds. The second-order valence-electron chi connectivity index (χ2n) is 10.7. The predicted octanol–water partition coefficient (Wildman–Crippen LogP) is 3.31. The molecule has 5 atom stereocenters. The van der Waals surface area contributed by atoms with Gasteiger partial charge in [-0.25, -0.2) is 0 Å². The standard InChI is InChI=1S/C30H35N3O7/c1-7-37-27-16(3)28-30(40-14-39-28)24-18(27)10-20-25-23-17(8-15(2)26(36-6)29(23)38-13-35-5)9-19(32(25)4)21(11-31)33(20)22(24)12-34/h7-8,19-22,25,34H,1,9-10,12-14H2,2-6H3/t19-,20-,21-,22-,25-/m0/s1. The van der Waals surface area contributed by atoms with Crippen LogP contribution in [0.25, 0.3) is 0 Å². The molecule has 0 aliphatic carbocycles. The minimum atomic E-state index is -0.502. The first-order valence-electron chi connectivity index (χ1n) is 13.5. The molecule has 0 saturated carbocycles. The van der Waals surface area contributed by atoms with E-state index in [1.807, 2.05) is 13.8 Å². The number of fused-ring (bicyclic) bond motifs is 9. The summed E-state index contributed by atoms with van der Waals surface area (Å²) in [7, 11) is 5.31. The van der Waals surface area contributed by atoms with Gasteiger partial charge in [-0.15, -0.1) is 0 Å². The van der Waals surface area contributed by atoms with Gasteiger partial charge in [0.2, 0.25) is 6.79 Å². The highest BCUT2D eigenvalue weighted by Gasteiger charge is 2.56. The third-order valence-corrected chi connectivity index (χ3v) is 8.94. The number of ether oxygens (including phenoxy) is 6. The molecular weight excluding hydrogens is 514 g/mol. The maximum atomic E-state index is 10.9. The summed E-state index contributed by atoms with van der Waals surface area (Å²) in [6, 6.07) is 3.32. The van der Waals surface area contributed by atoms with Gasteiger partial charge in [-0.2, -0.15) is 5.26 Å². The highest BCUT2D eigenvalue weighted by atomic mass is 16.7. The van der Waals surface area contributed by atoms with E-state index in [9.17, 15) is 10.4 Å². The number of rotatable bonds is 7. The number of nitriles is 1. The Morgan fingerprint density at radius 2 is 1.90 bits per heavy atom.